The molecule has 1 saturated heterocycles. The summed E-state index contributed by atoms with van der Waals surface area (Å²) in [5.74, 6) is 0.125. The number of halogens is 2. The molecule has 1 aliphatic rings. The van der Waals surface area contributed by atoms with Crippen LogP contribution in [-0.2, 0) is 11.2 Å². The molecule has 2 aromatic heterocycles. The number of morpholine rings is 1. The van der Waals surface area contributed by atoms with Crippen LogP contribution in [0.2, 0.25) is 5.02 Å². The van der Waals surface area contributed by atoms with E-state index in [0.29, 0.717) is 31.1 Å². The Kier molecular flexibility index (Phi) is 6.13. The van der Waals surface area contributed by atoms with Crippen LogP contribution in [0.1, 0.15) is 5.56 Å². The highest BCUT2D eigenvalue weighted by Gasteiger charge is 2.18. The first-order chi connectivity index (χ1) is 16.1. The number of aliphatic hydroxyl groups is 1. The molecular formula is C24H23ClFN5O2. The molecule has 4 aromatic rings. The molecular weight excluding hydrogens is 445 g/mol. The Morgan fingerprint density at radius 1 is 1.09 bits per heavy atom. The Labute approximate surface area is 195 Å². The number of nitrogens with one attached hydrogen (secondary N) is 1. The van der Waals surface area contributed by atoms with Crippen LogP contribution < -0.4 is 10.2 Å². The van der Waals surface area contributed by atoms with E-state index in [2.05, 4.69) is 37.1 Å². The van der Waals surface area contributed by atoms with Gasteiger partial charge in [0.2, 0.25) is 0 Å². The lowest BCUT2D eigenvalue weighted by Gasteiger charge is -2.29. The molecule has 7 nitrogen and oxygen atoms in total. The number of benzene rings is 2. The quantitative estimate of drug-likeness (QED) is 0.439. The van der Waals surface area contributed by atoms with Gasteiger partial charge in [-0.1, -0.05) is 11.6 Å². The summed E-state index contributed by atoms with van der Waals surface area (Å²) >= 11 is 5.93. The van der Waals surface area contributed by atoms with E-state index in [0.717, 1.165) is 40.9 Å². The average molecular weight is 468 g/mol. The minimum absolute atomic E-state index is 0.0402. The van der Waals surface area contributed by atoms with Gasteiger partial charge >= 0.3 is 0 Å². The zero-order valence-electron chi connectivity index (χ0n) is 17.8. The van der Waals surface area contributed by atoms with Gasteiger partial charge in [0.1, 0.15) is 18.0 Å². The van der Waals surface area contributed by atoms with Crippen molar-refractivity contribution in [2.24, 2.45) is 0 Å². The number of aromatic nitrogens is 3. The van der Waals surface area contributed by atoms with Crippen LogP contribution in [0.15, 0.2) is 55.1 Å². The topological polar surface area (TPSA) is 75.4 Å². The zero-order valence-corrected chi connectivity index (χ0v) is 18.6. The number of rotatable bonds is 6. The maximum Gasteiger partial charge on any atom is 0.141 e. The minimum Gasteiger partial charge on any atom is -0.396 e. The molecule has 1 fully saturated rings. The first-order valence-corrected chi connectivity index (χ1v) is 11.1. The lowest BCUT2D eigenvalue weighted by Crippen LogP contribution is -2.36. The third kappa shape index (κ3) is 4.50. The van der Waals surface area contributed by atoms with Gasteiger partial charge in [-0.25, -0.2) is 14.4 Å². The fourth-order valence-electron chi connectivity index (χ4n) is 4.05. The molecule has 0 saturated carbocycles. The number of hydrogen-bond donors (Lipinski definition) is 2. The molecule has 0 amide bonds. The molecule has 0 atom stereocenters. The number of nitrogens with zero attached hydrogens (tertiary/aromatic N) is 4. The van der Waals surface area contributed by atoms with Crippen molar-refractivity contribution < 1.29 is 14.2 Å². The van der Waals surface area contributed by atoms with E-state index in [9.17, 15) is 9.50 Å². The normalized spacial score (nSPS) is 14.1. The highest BCUT2D eigenvalue weighted by molar-refractivity contribution is 6.31. The molecule has 1 aliphatic heterocycles. The standard InChI is InChI=1S/C24H23ClFN5O2/c25-20-11-17(1-3-21(20)26)29-24-19-12-18(2-4-22(19)27-15-28-24)31-13-16(5-8-32)23(14-31)30-6-9-33-10-7-30/h1-4,11-15,32H,5-10H2,(H,27,28,29). The Hall–Kier alpha value is -3.20. The number of anilines is 3. The summed E-state index contributed by atoms with van der Waals surface area (Å²) in [6.07, 6.45) is 6.21. The van der Waals surface area contributed by atoms with Crippen LogP contribution in [0.3, 0.4) is 0 Å². The van der Waals surface area contributed by atoms with E-state index in [1.165, 1.54) is 18.5 Å². The lowest BCUT2D eigenvalue weighted by atomic mass is 10.2. The van der Waals surface area contributed by atoms with Crippen molar-refractivity contribution in [2.45, 2.75) is 6.42 Å². The van der Waals surface area contributed by atoms with E-state index in [4.69, 9.17) is 16.3 Å². The van der Waals surface area contributed by atoms with Crippen molar-refractivity contribution in [1.29, 1.82) is 0 Å². The molecule has 33 heavy (non-hydrogen) atoms. The average Bonchev–Trinajstić information content (AvgIpc) is 3.26. The first-order valence-electron chi connectivity index (χ1n) is 10.7. The Morgan fingerprint density at radius 2 is 1.94 bits per heavy atom. The molecule has 2 N–H and O–H groups in total. The summed E-state index contributed by atoms with van der Waals surface area (Å²) in [7, 11) is 0. The van der Waals surface area contributed by atoms with Gasteiger partial charge in [-0.15, -0.1) is 0 Å². The Balaban J connectivity index is 1.52. The second kappa shape index (κ2) is 9.35. The summed E-state index contributed by atoms with van der Waals surface area (Å²) < 4.78 is 21.1. The SMILES string of the molecule is OCCc1cn(-c2ccc3ncnc(Nc4ccc(F)c(Cl)c4)c3c2)cc1N1CCOCC1. The summed E-state index contributed by atoms with van der Waals surface area (Å²) in [6, 6.07) is 10.4. The van der Waals surface area contributed by atoms with Crippen molar-refractivity contribution >= 4 is 39.7 Å². The number of aliphatic hydroxyl groups excluding tert-OH is 1. The fourth-order valence-corrected chi connectivity index (χ4v) is 4.23. The first kappa shape index (κ1) is 21.6. The van der Waals surface area contributed by atoms with Crippen LogP contribution in [0, 0.1) is 5.82 Å². The van der Waals surface area contributed by atoms with Gasteiger partial charge in [-0.05, 0) is 48.4 Å². The van der Waals surface area contributed by atoms with Crippen molar-refractivity contribution in [1.82, 2.24) is 14.5 Å². The minimum atomic E-state index is -0.473. The van der Waals surface area contributed by atoms with Crippen LogP contribution in [0.25, 0.3) is 16.6 Å². The Bertz CT molecular complexity index is 1290. The van der Waals surface area contributed by atoms with Crippen LogP contribution in [-0.4, -0.2) is 52.6 Å². The number of hydrogen-bond acceptors (Lipinski definition) is 6. The Morgan fingerprint density at radius 3 is 2.73 bits per heavy atom. The molecule has 0 bridgehead atoms. The van der Waals surface area contributed by atoms with Crippen molar-refractivity contribution in [2.75, 3.05) is 43.1 Å². The van der Waals surface area contributed by atoms with Gasteiger partial charge in [0.15, 0.2) is 0 Å². The fraction of sp³-hybridized carbons (Fsp3) is 0.250. The molecule has 0 spiro atoms. The largest absolute Gasteiger partial charge is 0.396 e. The van der Waals surface area contributed by atoms with E-state index in [1.807, 2.05) is 18.2 Å². The highest BCUT2D eigenvalue weighted by atomic mass is 35.5. The second-order valence-electron chi connectivity index (χ2n) is 7.83. The van der Waals surface area contributed by atoms with Crippen LogP contribution >= 0.6 is 11.6 Å². The molecule has 2 aromatic carbocycles. The maximum absolute atomic E-state index is 13.5. The molecule has 0 radical (unpaired) electrons. The van der Waals surface area contributed by atoms with Gasteiger partial charge in [0, 0.05) is 48.9 Å². The van der Waals surface area contributed by atoms with Crippen molar-refractivity contribution in [3.05, 3.63) is 71.5 Å². The zero-order chi connectivity index (χ0) is 22.8. The van der Waals surface area contributed by atoms with E-state index >= 15 is 0 Å². The summed E-state index contributed by atoms with van der Waals surface area (Å²) in [5, 5.41) is 13.6. The predicted molar refractivity (Wildman–Crippen MR) is 127 cm³/mol. The van der Waals surface area contributed by atoms with Crippen LogP contribution in [0.5, 0.6) is 0 Å². The van der Waals surface area contributed by atoms with Crippen molar-refractivity contribution in [3.63, 3.8) is 0 Å². The molecule has 3 heterocycles. The molecule has 170 valence electrons. The highest BCUT2D eigenvalue weighted by Crippen LogP contribution is 2.30. The molecule has 5 rings (SSSR count). The number of fused-ring (bicyclic) bond motifs is 1. The third-order valence-corrected chi connectivity index (χ3v) is 6.01. The lowest BCUT2D eigenvalue weighted by molar-refractivity contribution is 0.122. The van der Waals surface area contributed by atoms with Gasteiger partial charge in [-0.2, -0.15) is 0 Å². The summed E-state index contributed by atoms with van der Waals surface area (Å²) in [5.41, 5.74) is 4.54. The van der Waals surface area contributed by atoms with Gasteiger partial charge < -0.3 is 24.6 Å². The predicted octanol–water partition coefficient (Wildman–Crippen LogP) is 4.33. The van der Waals surface area contributed by atoms with E-state index in [-0.39, 0.29) is 11.6 Å². The van der Waals surface area contributed by atoms with Gasteiger partial charge in [0.25, 0.3) is 0 Å². The van der Waals surface area contributed by atoms with E-state index in [1.54, 1.807) is 6.07 Å². The van der Waals surface area contributed by atoms with E-state index < -0.39 is 5.82 Å². The van der Waals surface area contributed by atoms with Gasteiger partial charge in [-0.3, -0.25) is 0 Å². The maximum atomic E-state index is 13.5. The third-order valence-electron chi connectivity index (χ3n) is 5.72. The molecule has 0 unspecified atom stereocenters. The van der Waals surface area contributed by atoms with Crippen LogP contribution in [0.4, 0.5) is 21.6 Å². The van der Waals surface area contributed by atoms with Gasteiger partial charge in [0.05, 0.1) is 29.4 Å². The monoisotopic (exact) mass is 467 g/mol. The smallest absolute Gasteiger partial charge is 0.141 e. The second-order valence-corrected chi connectivity index (χ2v) is 8.23. The molecule has 0 aliphatic carbocycles. The van der Waals surface area contributed by atoms with Crippen molar-refractivity contribution in [3.8, 4) is 5.69 Å². The number of ether oxygens (including phenoxy) is 1. The molecule has 9 heteroatoms. The summed E-state index contributed by atoms with van der Waals surface area (Å²) in [6.45, 7) is 3.12. The summed E-state index contributed by atoms with van der Waals surface area (Å²) in [4.78, 5) is 11.1.